The number of amides is 2. The zero-order chi connectivity index (χ0) is 17.2. The Morgan fingerprint density at radius 1 is 1.44 bits per heavy atom. The summed E-state index contributed by atoms with van der Waals surface area (Å²) in [5, 5.41) is 9.84. The number of carbonyl (C=O) groups excluding carboxylic acids is 2. The second kappa shape index (κ2) is 6.70. The van der Waals surface area contributed by atoms with E-state index in [9.17, 15) is 9.59 Å². The third-order valence-corrected chi connectivity index (χ3v) is 4.70. The summed E-state index contributed by atoms with van der Waals surface area (Å²) >= 11 is 0. The maximum atomic E-state index is 12.3. The molecule has 2 N–H and O–H groups in total. The maximum absolute atomic E-state index is 12.3. The van der Waals surface area contributed by atoms with Crippen LogP contribution in [-0.2, 0) is 16.0 Å². The van der Waals surface area contributed by atoms with Crippen molar-refractivity contribution in [2.75, 3.05) is 19.6 Å². The molecule has 25 heavy (non-hydrogen) atoms. The molecule has 2 fully saturated rings. The summed E-state index contributed by atoms with van der Waals surface area (Å²) in [5.41, 5.74) is 0. The number of likely N-dealkylation sites (tertiary alicyclic amines) is 1. The highest BCUT2D eigenvalue weighted by molar-refractivity contribution is 5.89. The van der Waals surface area contributed by atoms with Crippen molar-refractivity contribution >= 4 is 11.8 Å². The number of H-pyrrole nitrogens is 1. The first-order valence-corrected chi connectivity index (χ1v) is 8.69. The van der Waals surface area contributed by atoms with Crippen molar-refractivity contribution in [3.63, 3.8) is 0 Å². The first-order valence-electron chi connectivity index (χ1n) is 8.69. The molecule has 132 valence electrons. The SMILES string of the molecule is O=C(NCCc1nc(-c2ccco2)n[nH]1)[C@@H]1CC(=O)N(CC2CC2)C1. The van der Waals surface area contributed by atoms with Crippen LogP contribution in [0.5, 0.6) is 0 Å². The second-order valence-electron chi connectivity index (χ2n) is 6.77. The molecular formula is C17H21N5O3. The van der Waals surface area contributed by atoms with Gasteiger partial charge >= 0.3 is 0 Å². The summed E-state index contributed by atoms with van der Waals surface area (Å²) in [6, 6.07) is 3.57. The fraction of sp³-hybridized carbons (Fsp3) is 0.529. The van der Waals surface area contributed by atoms with Crippen molar-refractivity contribution in [3.05, 3.63) is 24.2 Å². The molecule has 8 heteroatoms. The van der Waals surface area contributed by atoms with Crippen LogP contribution in [0.3, 0.4) is 0 Å². The molecule has 0 aromatic carbocycles. The van der Waals surface area contributed by atoms with Crippen molar-refractivity contribution in [3.8, 4) is 11.6 Å². The Hall–Kier alpha value is -2.64. The molecule has 1 aliphatic heterocycles. The van der Waals surface area contributed by atoms with Gasteiger partial charge in [-0.05, 0) is 30.9 Å². The number of hydrogen-bond donors (Lipinski definition) is 2. The third kappa shape index (κ3) is 3.72. The molecule has 1 atom stereocenters. The highest BCUT2D eigenvalue weighted by Gasteiger charge is 2.36. The van der Waals surface area contributed by atoms with Gasteiger partial charge in [0.15, 0.2) is 5.76 Å². The predicted molar refractivity (Wildman–Crippen MR) is 88.2 cm³/mol. The Morgan fingerprint density at radius 3 is 3.08 bits per heavy atom. The molecule has 2 amide bonds. The number of hydrogen-bond acceptors (Lipinski definition) is 5. The lowest BCUT2D eigenvalue weighted by atomic mass is 10.1. The molecule has 0 spiro atoms. The molecule has 1 aliphatic carbocycles. The smallest absolute Gasteiger partial charge is 0.225 e. The van der Waals surface area contributed by atoms with Gasteiger partial charge in [-0.2, -0.15) is 5.10 Å². The van der Waals surface area contributed by atoms with Crippen LogP contribution in [0.25, 0.3) is 11.6 Å². The first-order chi connectivity index (χ1) is 12.2. The Labute approximate surface area is 145 Å². The number of rotatable bonds is 7. The molecule has 0 unspecified atom stereocenters. The lowest BCUT2D eigenvalue weighted by Gasteiger charge is -2.15. The van der Waals surface area contributed by atoms with E-state index in [2.05, 4.69) is 20.5 Å². The molecular weight excluding hydrogens is 322 g/mol. The van der Waals surface area contributed by atoms with Crippen LogP contribution in [0.1, 0.15) is 25.1 Å². The van der Waals surface area contributed by atoms with Crippen molar-refractivity contribution in [1.82, 2.24) is 25.4 Å². The number of nitrogens with one attached hydrogen (secondary N) is 2. The number of furan rings is 1. The van der Waals surface area contributed by atoms with Crippen LogP contribution in [0.2, 0.25) is 0 Å². The molecule has 3 heterocycles. The van der Waals surface area contributed by atoms with Crippen LogP contribution in [0.15, 0.2) is 22.8 Å². The van der Waals surface area contributed by atoms with E-state index in [1.54, 1.807) is 18.4 Å². The molecule has 2 aromatic rings. The largest absolute Gasteiger partial charge is 0.461 e. The fourth-order valence-corrected chi connectivity index (χ4v) is 3.11. The van der Waals surface area contributed by atoms with Crippen LogP contribution in [-0.4, -0.2) is 51.5 Å². The zero-order valence-electron chi connectivity index (χ0n) is 13.9. The summed E-state index contributed by atoms with van der Waals surface area (Å²) in [6.07, 6.45) is 4.85. The minimum atomic E-state index is -0.236. The van der Waals surface area contributed by atoms with Gasteiger partial charge in [-0.1, -0.05) is 0 Å². The lowest BCUT2D eigenvalue weighted by molar-refractivity contribution is -0.129. The van der Waals surface area contributed by atoms with Gasteiger partial charge in [0.05, 0.1) is 12.2 Å². The van der Waals surface area contributed by atoms with Gasteiger partial charge in [0.1, 0.15) is 5.82 Å². The quantitative estimate of drug-likeness (QED) is 0.780. The third-order valence-electron chi connectivity index (χ3n) is 4.70. The standard InChI is InChI=1S/C17H21N5O3/c23-15-8-12(10-22(15)9-11-3-4-11)17(24)18-6-5-14-19-16(21-20-14)13-2-1-7-25-13/h1-2,7,11-12H,3-6,8-10H2,(H,18,24)(H,19,20,21)/t12-/m1/s1. The van der Waals surface area contributed by atoms with Gasteiger partial charge in [-0.25, -0.2) is 4.98 Å². The molecule has 4 rings (SSSR count). The average molecular weight is 343 g/mol. The summed E-state index contributed by atoms with van der Waals surface area (Å²) < 4.78 is 5.24. The van der Waals surface area contributed by atoms with E-state index in [4.69, 9.17) is 4.42 Å². The summed E-state index contributed by atoms with van der Waals surface area (Å²) in [4.78, 5) is 30.4. The number of aromatic amines is 1. The van der Waals surface area contributed by atoms with Crippen molar-refractivity contribution in [1.29, 1.82) is 0 Å². The molecule has 2 aromatic heterocycles. The highest BCUT2D eigenvalue weighted by Crippen LogP contribution is 2.31. The van der Waals surface area contributed by atoms with E-state index < -0.39 is 0 Å². The minimum absolute atomic E-state index is 0.0579. The number of carbonyl (C=O) groups is 2. The second-order valence-corrected chi connectivity index (χ2v) is 6.77. The van der Waals surface area contributed by atoms with Gasteiger partial charge in [-0.15, -0.1) is 0 Å². The van der Waals surface area contributed by atoms with Gasteiger partial charge in [0, 0.05) is 32.5 Å². The van der Waals surface area contributed by atoms with Crippen LogP contribution >= 0.6 is 0 Å². The Balaban J connectivity index is 1.23. The van der Waals surface area contributed by atoms with Gasteiger partial charge in [0.2, 0.25) is 17.6 Å². The van der Waals surface area contributed by atoms with Crippen LogP contribution in [0.4, 0.5) is 0 Å². The van der Waals surface area contributed by atoms with Crippen molar-refractivity contribution in [2.24, 2.45) is 11.8 Å². The summed E-state index contributed by atoms with van der Waals surface area (Å²) in [5.74, 6) is 2.25. The topological polar surface area (TPSA) is 104 Å². The predicted octanol–water partition coefficient (Wildman–Crippen LogP) is 0.982. The van der Waals surface area contributed by atoms with Gasteiger partial charge < -0.3 is 14.6 Å². The van der Waals surface area contributed by atoms with E-state index >= 15 is 0 Å². The van der Waals surface area contributed by atoms with Crippen molar-refractivity contribution in [2.45, 2.75) is 25.7 Å². The Morgan fingerprint density at radius 2 is 2.32 bits per heavy atom. The van der Waals surface area contributed by atoms with E-state index in [1.165, 1.54) is 12.8 Å². The van der Waals surface area contributed by atoms with Gasteiger partial charge in [-0.3, -0.25) is 14.7 Å². The molecule has 0 radical (unpaired) electrons. The molecule has 1 saturated heterocycles. The van der Waals surface area contributed by atoms with Gasteiger partial charge in [0.25, 0.3) is 0 Å². The van der Waals surface area contributed by atoms with Crippen LogP contribution in [0, 0.1) is 11.8 Å². The molecule has 1 saturated carbocycles. The first kappa shape index (κ1) is 15.9. The minimum Gasteiger partial charge on any atom is -0.461 e. The number of aromatic nitrogens is 3. The summed E-state index contributed by atoms with van der Waals surface area (Å²) in [6.45, 7) is 1.82. The Kier molecular flexibility index (Phi) is 4.25. The monoisotopic (exact) mass is 343 g/mol. The summed E-state index contributed by atoms with van der Waals surface area (Å²) in [7, 11) is 0. The lowest BCUT2D eigenvalue weighted by Crippen LogP contribution is -2.34. The number of nitrogens with zero attached hydrogens (tertiary/aromatic N) is 3. The average Bonchev–Trinajstić information content (AvgIpc) is 3.01. The maximum Gasteiger partial charge on any atom is 0.225 e. The Bertz CT molecular complexity index is 750. The van der Waals surface area contributed by atoms with Crippen LogP contribution < -0.4 is 5.32 Å². The molecule has 8 nitrogen and oxygen atoms in total. The fourth-order valence-electron chi connectivity index (χ4n) is 3.11. The molecule has 0 bridgehead atoms. The van der Waals surface area contributed by atoms with E-state index in [-0.39, 0.29) is 17.7 Å². The molecule has 2 aliphatic rings. The van der Waals surface area contributed by atoms with E-state index in [0.717, 1.165) is 6.54 Å². The van der Waals surface area contributed by atoms with E-state index in [1.807, 2.05) is 4.90 Å². The van der Waals surface area contributed by atoms with Crippen molar-refractivity contribution < 1.29 is 14.0 Å². The van der Waals surface area contributed by atoms with E-state index in [0.29, 0.717) is 49.3 Å². The highest BCUT2D eigenvalue weighted by atomic mass is 16.3. The normalized spacial score (nSPS) is 20.2. The zero-order valence-corrected chi connectivity index (χ0v) is 13.9.